The molecule has 0 radical (unpaired) electrons. The molecule has 13 nitrogen and oxygen atoms in total. The van der Waals surface area contributed by atoms with Crippen molar-refractivity contribution in [2.24, 2.45) is 5.92 Å². The number of nitrogens with zero attached hydrogens (tertiary/aromatic N) is 5. The van der Waals surface area contributed by atoms with Gasteiger partial charge in [0.15, 0.2) is 39.7 Å². The number of piperidine rings is 1. The van der Waals surface area contributed by atoms with E-state index in [0.29, 0.717) is 67.2 Å². The number of imidazole rings is 1. The summed E-state index contributed by atoms with van der Waals surface area (Å²) in [5, 5.41) is 3.68. The van der Waals surface area contributed by atoms with Crippen molar-refractivity contribution in [2.75, 3.05) is 52.4 Å². The summed E-state index contributed by atoms with van der Waals surface area (Å²) in [6, 6.07) is 3.82. The molecule has 3 aromatic rings. The molecular formula is C27H34BrN7O6S. The smallest absolute Gasteiger partial charge is 0.332 e. The molecule has 0 bridgehead atoms. The Labute approximate surface area is 255 Å². The maximum atomic E-state index is 12.9. The van der Waals surface area contributed by atoms with Crippen molar-refractivity contribution in [3.05, 3.63) is 22.9 Å². The molecule has 2 aliphatic heterocycles. The molecule has 1 atom stereocenters. The average Bonchev–Trinajstić information content (AvgIpc) is 3.58. The lowest BCUT2D eigenvalue weighted by Gasteiger charge is -2.33. The number of amides is 1. The molecule has 2 aliphatic rings. The van der Waals surface area contributed by atoms with Gasteiger partial charge in [-0.15, -0.1) is 0 Å². The topological polar surface area (TPSA) is 156 Å². The molecule has 1 saturated heterocycles. The lowest BCUT2D eigenvalue weighted by molar-refractivity contribution is -0.163. The molecule has 0 aliphatic carbocycles. The molecule has 42 heavy (non-hydrogen) atoms. The minimum Gasteiger partial charge on any atom is -0.454 e. The number of hydrogen-bond donors (Lipinski definition) is 2. The van der Waals surface area contributed by atoms with Crippen molar-refractivity contribution in [1.29, 1.82) is 0 Å². The zero-order chi connectivity index (χ0) is 29.6. The Hall–Kier alpha value is -3.14. The summed E-state index contributed by atoms with van der Waals surface area (Å²) in [5.41, 5.74) is 7.39. The second kappa shape index (κ2) is 13.9. The molecule has 2 aromatic heterocycles. The lowest BCUT2D eigenvalue weighted by Crippen LogP contribution is -2.44. The third kappa shape index (κ3) is 7.07. The number of anilines is 1. The highest BCUT2D eigenvalue weighted by atomic mass is 79.9. The highest BCUT2D eigenvalue weighted by Gasteiger charge is 2.29. The average molecular weight is 665 g/mol. The normalized spacial score (nSPS) is 15.7. The second-order valence-electron chi connectivity index (χ2n) is 10.1. The molecule has 1 unspecified atom stereocenters. The van der Waals surface area contributed by atoms with Gasteiger partial charge < -0.3 is 39.5 Å². The van der Waals surface area contributed by atoms with Gasteiger partial charge in [0.2, 0.25) is 6.79 Å². The highest BCUT2D eigenvalue weighted by molar-refractivity contribution is 9.10. The van der Waals surface area contributed by atoms with E-state index >= 15 is 0 Å². The molecule has 4 heterocycles. The van der Waals surface area contributed by atoms with Crippen molar-refractivity contribution >= 4 is 56.6 Å². The van der Waals surface area contributed by atoms with Crippen molar-refractivity contribution in [2.45, 2.75) is 48.9 Å². The van der Waals surface area contributed by atoms with Gasteiger partial charge in [-0.2, -0.15) is 0 Å². The van der Waals surface area contributed by atoms with E-state index in [2.05, 4.69) is 35.8 Å². The van der Waals surface area contributed by atoms with Crippen LogP contribution in [0, 0.1) is 5.92 Å². The van der Waals surface area contributed by atoms with Crippen LogP contribution >= 0.6 is 27.7 Å². The minimum absolute atomic E-state index is 0.174. The van der Waals surface area contributed by atoms with Crippen LogP contribution in [0.5, 0.6) is 11.5 Å². The molecule has 1 amide bonds. The number of esters is 1. The molecule has 0 saturated carbocycles. The van der Waals surface area contributed by atoms with E-state index < -0.39 is 12.1 Å². The fourth-order valence-electron chi connectivity index (χ4n) is 4.91. The summed E-state index contributed by atoms with van der Waals surface area (Å²) in [5.74, 6) is 1.39. The van der Waals surface area contributed by atoms with Crippen LogP contribution in [0.2, 0.25) is 0 Å². The number of benzene rings is 1. The van der Waals surface area contributed by atoms with Crippen LogP contribution in [0.3, 0.4) is 0 Å². The van der Waals surface area contributed by atoms with Gasteiger partial charge in [0.1, 0.15) is 12.9 Å². The van der Waals surface area contributed by atoms with Gasteiger partial charge >= 0.3 is 5.97 Å². The number of hydrogen-bond acceptors (Lipinski definition) is 12. The fourth-order valence-corrected chi connectivity index (χ4v) is 6.42. The molecule has 5 rings (SSSR count). The zero-order valence-corrected chi connectivity index (χ0v) is 25.9. The van der Waals surface area contributed by atoms with E-state index in [4.69, 9.17) is 29.7 Å². The summed E-state index contributed by atoms with van der Waals surface area (Å²) in [7, 11) is 1.80. The van der Waals surface area contributed by atoms with E-state index in [1.54, 1.807) is 18.9 Å². The van der Waals surface area contributed by atoms with Crippen LogP contribution in [-0.4, -0.2) is 89.1 Å². The van der Waals surface area contributed by atoms with Crippen LogP contribution in [0.25, 0.3) is 11.2 Å². The Balaban J connectivity index is 1.19. The van der Waals surface area contributed by atoms with E-state index in [1.165, 1.54) is 18.1 Å². The Bertz CT molecular complexity index is 1430. The number of likely N-dealkylation sites (tertiary alicyclic amines) is 1. The zero-order valence-electron chi connectivity index (χ0n) is 23.5. The number of ether oxygens (including phenoxy) is 4. The molecule has 1 aromatic carbocycles. The number of fused-ring (bicyclic) bond motifs is 2. The first-order valence-electron chi connectivity index (χ1n) is 13.8. The first-order chi connectivity index (χ1) is 20.3. The molecule has 1 fully saturated rings. The predicted octanol–water partition coefficient (Wildman–Crippen LogP) is 2.85. The summed E-state index contributed by atoms with van der Waals surface area (Å²) in [4.78, 5) is 41.0. The first-order valence-corrected chi connectivity index (χ1v) is 15.4. The van der Waals surface area contributed by atoms with E-state index in [1.807, 2.05) is 12.1 Å². The summed E-state index contributed by atoms with van der Waals surface area (Å²) < 4.78 is 24.5. The highest BCUT2D eigenvalue weighted by Crippen LogP contribution is 2.43. The number of nitrogen functional groups attached to an aromatic ring is 1. The van der Waals surface area contributed by atoms with Crippen LogP contribution in [0.15, 0.2) is 33.0 Å². The maximum Gasteiger partial charge on any atom is 0.332 e. The third-order valence-corrected chi connectivity index (χ3v) is 9.18. The summed E-state index contributed by atoms with van der Waals surface area (Å²) in [6.45, 7) is 4.55. The van der Waals surface area contributed by atoms with Crippen LogP contribution in [0.1, 0.15) is 26.2 Å². The van der Waals surface area contributed by atoms with Crippen LogP contribution in [-0.2, 0) is 25.6 Å². The third-order valence-electron chi connectivity index (χ3n) is 7.21. The number of nitrogens with two attached hydrogens (primary N) is 1. The number of halogens is 1. The molecule has 226 valence electrons. The van der Waals surface area contributed by atoms with E-state index in [-0.39, 0.29) is 19.3 Å². The van der Waals surface area contributed by atoms with Crippen molar-refractivity contribution in [1.82, 2.24) is 29.7 Å². The second-order valence-corrected chi connectivity index (χ2v) is 11.9. The Morgan fingerprint density at radius 1 is 1.24 bits per heavy atom. The van der Waals surface area contributed by atoms with Gasteiger partial charge in [-0.25, -0.2) is 19.7 Å². The first kappa shape index (κ1) is 30.3. The number of nitrogens with one attached hydrogen (secondary N) is 1. The van der Waals surface area contributed by atoms with Crippen LogP contribution < -0.4 is 20.5 Å². The monoisotopic (exact) mass is 663 g/mol. The quantitative estimate of drug-likeness (QED) is 0.216. The minimum atomic E-state index is -0.848. The van der Waals surface area contributed by atoms with Gasteiger partial charge in [0, 0.05) is 35.5 Å². The maximum absolute atomic E-state index is 12.9. The van der Waals surface area contributed by atoms with Gasteiger partial charge in [0.05, 0.1) is 6.61 Å². The molecule has 15 heteroatoms. The fraction of sp³-hybridized carbons (Fsp3) is 0.519. The molecular weight excluding hydrogens is 630 g/mol. The number of rotatable bonds is 12. The van der Waals surface area contributed by atoms with Crippen molar-refractivity contribution < 1.29 is 28.5 Å². The largest absolute Gasteiger partial charge is 0.454 e. The van der Waals surface area contributed by atoms with E-state index in [9.17, 15) is 9.59 Å². The number of aromatic nitrogens is 4. The predicted molar refractivity (Wildman–Crippen MR) is 158 cm³/mol. The Morgan fingerprint density at radius 2 is 2.00 bits per heavy atom. The number of likely N-dealkylation sites (N-methyl/N-ethyl adjacent to an activating group) is 1. The SMILES string of the molecule is CNCCOCC(=O)OC(C)C(=O)N1CCC(CCn2c(Sc3cc4c(cc3Br)OCO4)nc3c(N)ncnc32)CC1. The number of carbonyl (C=O) groups is 2. The molecule has 0 spiro atoms. The van der Waals surface area contributed by atoms with E-state index in [0.717, 1.165) is 33.8 Å². The van der Waals surface area contributed by atoms with Gasteiger partial charge in [-0.1, -0.05) is 11.8 Å². The van der Waals surface area contributed by atoms with Gasteiger partial charge in [0.25, 0.3) is 5.91 Å². The van der Waals surface area contributed by atoms with Gasteiger partial charge in [-0.05, 0) is 67.2 Å². The van der Waals surface area contributed by atoms with Crippen LogP contribution in [0.4, 0.5) is 5.82 Å². The lowest BCUT2D eigenvalue weighted by atomic mass is 9.93. The summed E-state index contributed by atoms with van der Waals surface area (Å²) >= 11 is 5.12. The standard InChI is InChI=1S/C27H34BrN7O6S/c1-16(41-22(36)13-38-10-6-30-2)26(37)34-7-3-17(4-8-34)5-9-35-25-23(24(29)31-14-32-25)33-27(35)42-21-12-20-19(11-18(21)28)39-15-40-20/h11-12,14,16-17,30H,3-10,13,15H2,1-2H3,(H2,29,31,32). The Morgan fingerprint density at radius 3 is 2.76 bits per heavy atom. The van der Waals surface area contributed by atoms with Gasteiger partial charge in [-0.3, -0.25) is 4.79 Å². The van der Waals surface area contributed by atoms with Crippen molar-refractivity contribution in [3.8, 4) is 11.5 Å². The van der Waals surface area contributed by atoms with Crippen molar-refractivity contribution in [3.63, 3.8) is 0 Å². The number of aryl methyl sites for hydroxylation is 1. The Kier molecular flexibility index (Phi) is 10.0. The summed E-state index contributed by atoms with van der Waals surface area (Å²) in [6.07, 6.45) is 3.17. The molecule has 3 N–H and O–H groups in total. The number of carbonyl (C=O) groups excluding carboxylic acids is 2.